The standard InChI is InChI=1S/C23H21ClFN3O5S2/c1-27(34(30,31)20-10-5-18(25)6-11-20)15-23(29)26-19-7-2-16-12-13-28(22(16)14-19)35(32,33)21-8-3-17(24)4-9-21/h2-11,14H,12-13,15H2,1H3,(H,26,29). The summed E-state index contributed by atoms with van der Waals surface area (Å²) in [5, 5.41) is 3.03. The number of hydrogen-bond acceptors (Lipinski definition) is 5. The third kappa shape index (κ3) is 5.18. The third-order valence-corrected chi connectivity index (χ3v) is 9.41. The van der Waals surface area contributed by atoms with E-state index in [0.717, 1.165) is 34.1 Å². The molecule has 0 atom stereocenters. The molecule has 1 amide bonds. The summed E-state index contributed by atoms with van der Waals surface area (Å²) in [7, 11) is -6.61. The van der Waals surface area contributed by atoms with Gasteiger partial charge in [-0.1, -0.05) is 17.7 Å². The third-order valence-electron chi connectivity index (χ3n) is 5.51. The number of likely N-dealkylation sites (N-methyl/N-ethyl adjacent to an activating group) is 1. The number of anilines is 2. The molecular weight excluding hydrogens is 517 g/mol. The van der Waals surface area contributed by atoms with Crippen molar-refractivity contribution in [3.05, 3.63) is 83.1 Å². The highest BCUT2D eigenvalue weighted by atomic mass is 35.5. The number of halogens is 2. The molecule has 184 valence electrons. The molecule has 0 aromatic heterocycles. The van der Waals surface area contributed by atoms with Gasteiger partial charge < -0.3 is 5.32 Å². The molecule has 0 spiro atoms. The van der Waals surface area contributed by atoms with Crippen LogP contribution in [0.2, 0.25) is 5.02 Å². The van der Waals surface area contributed by atoms with Crippen LogP contribution in [0.3, 0.4) is 0 Å². The van der Waals surface area contributed by atoms with Crippen LogP contribution >= 0.6 is 11.6 Å². The Hall–Kier alpha value is -2.99. The van der Waals surface area contributed by atoms with Crippen molar-refractivity contribution in [2.24, 2.45) is 0 Å². The summed E-state index contributed by atoms with van der Waals surface area (Å²) in [4.78, 5) is 12.5. The maximum Gasteiger partial charge on any atom is 0.264 e. The topological polar surface area (TPSA) is 104 Å². The molecule has 1 heterocycles. The summed E-state index contributed by atoms with van der Waals surface area (Å²) in [6, 6.07) is 15.0. The highest BCUT2D eigenvalue weighted by Gasteiger charge is 2.31. The maximum atomic E-state index is 13.2. The van der Waals surface area contributed by atoms with Gasteiger partial charge in [-0.25, -0.2) is 21.2 Å². The second-order valence-electron chi connectivity index (χ2n) is 7.89. The lowest BCUT2D eigenvalue weighted by Gasteiger charge is -2.21. The number of nitrogens with zero attached hydrogens (tertiary/aromatic N) is 2. The smallest absolute Gasteiger partial charge is 0.264 e. The highest BCUT2D eigenvalue weighted by Crippen LogP contribution is 2.35. The number of fused-ring (bicyclic) bond motifs is 1. The molecule has 4 rings (SSSR count). The average Bonchev–Trinajstić information content (AvgIpc) is 3.23. The Morgan fingerprint density at radius 1 is 1.00 bits per heavy atom. The number of sulfonamides is 2. The van der Waals surface area contributed by atoms with Crippen LogP contribution in [-0.4, -0.2) is 47.2 Å². The van der Waals surface area contributed by atoms with Crippen molar-refractivity contribution < 1.29 is 26.0 Å². The van der Waals surface area contributed by atoms with Crippen LogP contribution < -0.4 is 9.62 Å². The van der Waals surface area contributed by atoms with Crippen LogP contribution in [0.15, 0.2) is 76.5 Å². The Morgan fingerprint density at radius 2 is 1.63 bits per heavy atom. The zero-order valence-electron chi connectivity index (χ0n) is 18.5. The summed E-state index contributed by atoms with van der Waals surface area (Å²) in [6.45, 7) is -0.250. The number of amides is 1. The Kier molecular flexibility index (Phi) is 6.87. The van der Waals surface area contributed by atoms with E-state index >= 15 is 0 Å². The lowest BCUT2D eigenvalue weighted by atomic mass is 10.1. The van der Waals surface area contributed by atoms with E-state index in [1.807, 2.05) is 0 Å². The molecule has 0 radical (unpaired) electrons. The normalized spacial score (nSPS) is 13.7. The van der Waals surface area contributed by atoms with Gasteiger partial charge in [-0.05, 0) is 72.6 Å². The van der Waals surface area contributed by atoms with Crippen LogP contribution in [0, 0.1) is 5.82 Å². The molecule has 1 aliphatic rings. The van der Waals surface area contributed by atoms with E-state index in [1.54, 1.807) is 18.2 Å². The largest absolute Gasteiger partial charge is 0.325 e. The molecule has 1 N–H and O–H groups in total. The molecule has 8 nitrogen and oxygen atoms in total. The second kappa shape index (κ2) is 9.57. The van der Waals surface area contributed by atoms with Crippen molar-refractivity contribution in [1.82, 2.24) is 4.31 Å². The van der Waals surface area contributed by atoms with Crippen LogP contribution in [0.5, 0.6) is 0 Å². The molecule has 3 aromatic carbocycles. The molecule has 0 aliphatic carbocycles. The fraction of sp³-hybridized carbons (Fsp3) is 0.174. The van der Waals surface area contributed by atoms with Crippen LogP contribution in [0.1, 0.15) is 5.56 Å². The van der Waals surface area contributed by atoms with Gasteiger partial charge in [0.05, 0.1) is 22.0 Å². The van der Waals surface area contributed by atoms with Gasteiger partial charge in [0, 0.05) is 24.3 Å². The fourth-order valence-corrected chi connectivity index (χ4v) is 6.43. The van der Waals surface area contributed by atoms with Crippen molar-refractivity contribution in [2.45, 2.75) is 16.2 Å². The zero-order chi connectivity index (χ0) is 25.4. The monoisotopic (exact) mass is 537 g/mol. The molecule has 0 saturated carbocycles. The van der Waals surface area contributed by atoms with Crippen molar-refractivity contribution in [3.8, 4) is 0 Å². The quantitative estimate of drug-likeness (QED) is 0.497. The number of carbonyl (C=O) groups excluding carboxylic acids is 1. The lowest BCUT2D eigenvalue weighted by molar-refractivity contribution is -0.116. The molecule has 3 aromatic rings. The van der Waals surface area contributed by atoms with E-state index < -0.39 is 38.3 Å². The van der Waals surface area contributed by atoms with Crippen molar-refractivity contribution in [3.63, 3.8) is 0 Å². The van der Waals surface area contributed by atoms with E-state index in [1.165, 1.54) is 35.6 Å². The van der Waals surface area contributed by atoms with Crippen LogP contribution in [-0.2, 0) is 31.3 Å². The number of rotatable bonds is 7. The number of carbonyl (C=O) groups is 1. The number of benzene rings is 3. The second-order valence-corrected chi connectivity index (χ2v) is 12.2. The van der Waals surface area contributed by atoms with Crippen molar-refractivity contribution in [2.75, 3.05) is 29.8 Å². The first-order valence-electron chi connectivity index (χ1n) is 10.4. The van der Waals surface area contributed by atoms with Gasteiger partial charge in [-0.3, -0.25) is 9.10 Å². The minimum absolute atomic E-state index is 0.0943. The predicted molar refractivity (Wildman–Crippen MR) is 131 cm³/mol. The fourth-order valence-electron chi connectivity index (χ4n) is 3.69. The first-order valence-corrected chi connectivity index (χ1v) is 13.7. The maximum absolute atomic E-state index is 13.2. The minimum atomic E-state index is -4.01. The first-order chi connectivity index (χ1) is 16.5. The van der Waals surface area contributed by atoms with Gasteiger partial charge in [0.2, 0.25) is 15.9 Å². The first kappa shape index (κ1) is 25.1. The van der Waals surface area contributed by atoms with E-state index in [0.29, 0.717) is 22.8 Å². The molecule has 0 unspecified atom stereocenters. The summed E-state index contributed by atoms with van der Waals surface area (Å²) < 4.78 is 66.8. The molecular formula is C23H21ClFN3O5S2. The van der Waals surface area contributed by atoms with Gasteiger partial charge in [0.25, 0.3) is 10.0 Å². The molecule has 0 fully saturated rings. The summed E-state index contributed by atoms with van der Waals surface area (Å²) in [5.74, 6) is -1.20. The molecule has 12 heteroatoms. The van der Waals surface area contributed by atoms with Crippen molar-refractivity contribution >= 4 is 48.9 Å². The Balaban J connectivity index is 1.50. The summed E-state index contributed by atoms with van der Waals surface area (Å²) in [6.07, 6.45) is 0.509. The number of nitrogens with one attached hydrogen (secondary N) is 1. The van der Waals surface area contributed by atoms with Crippen LogP contribution in [0.4, 0.5) is 15.8 Å². The number of hydrogen-bond donors (Lipinski definition) is 1. The molecule has 1 aliphatic heterocycles. The SMILES string of the molecule is CN(CC(=O)Nc1ccc2c(c1)N(S(=O)(=O)c1ccc(Cl)cc1)CC2)S(=O)(=O)c1ccc(F)cc1. The Labute approximate surface area is 208 Å². The minimum Gasteiger partial charge on any atom is -0.325 e. The summed E-state index contributed by atoms with van der Waals surface area (Å²) in [5.41, 5.74) is 1.56. The van der Waals surface area contributed by atoms with Gasteiger partial charge in [0.15, 0.2) is 0 Å². The van der Waals surface area contributed by atoms with Gasteiger partial charge in [-0.2, -0.15) is 4.31 Å². The van der Waals surface area contributed by atoms with E-state index in [2.05, 4.69) is 5.32 Å². The van der Waals surface area contributed by atoms with E-state index in [4.69, 9.17) is 11.6 Å². The Morgan fingerprint density at radius 3 is 2.29 bits per heavy atom. The van der Waals surface area contributed by atoms with Crippen molar-refractivity contribution in [1.29, 1.82) is 0 Å². The van der Waals surface area contributed by atoms with Gasteiger partial charge in [0.1, 0.15) is 5.82 Å². The molecule has 0 saturated heterocycles. The molecule has 35 heavy (non-hydrogen) atoms. The van der Waals surface area contributed by atoms with Gasteiger partial charge in [-0.15, -0.1) is 0 Å². The van der Waals surface area contributed by atoms with E-state index in [-0.39, 0.29) is 16.3 Å². The van der Waals surface area contributed by atoms with E-state index in [9.17, 15) is 26.0 Å². The lowest BCUT2D eigenvalue weighted by Crippen LogP contribution is -2.35. The van der Waals surface area contributed by atoms with Crippen LogP contribution in [0.25, 0.3) is 0 Å². The van der Waals surface area contributed by atoms with Gasteiger partial charge >= 0.3 is 0 Å². The summed E-state index contributed by atoms with van der Waals surface area (Å²) >= 11 is 5.87. The predicted octanol–water partition coefficient (Wildman–Crippen LogP) is 3.49. The molecule has 0 bridgehead atoms. The Bertz CT molecular complexity index is 1480. The highest BCUT2D eigenvalue weighted by molar-refractivity contribution is 7.92. The zero-order valence-corrected chi connectivity index (χ0v) is 20.9. The average molecular weight is 538 g/mol.